The van der Waals surface area contributed by atoms with Crippen LogP contribution in [0.2, 0.25) is 5.02 Å². The first-order chi connectivity index (χ1) is 15.0. The number of hydrogen-bond donors (Lipinski definition) is 1. The Morgan fingerprint density at radius 3 is 2.55 bits per heavy atom. The van der Waals surface area contributed by atoms with E-state index in [0.717, 1.165) is 29.6 Å². The molecule has 0 radical (unpaired) electrons. The highest BCUT2D eigenvalue weighted by molar-refractivity contribution is 6.30. The van der Waals surface area contributed by atoms with Gasteiger partial charge < -0.3 is 10.1 Å². The van der Waals surface area contributed by atoms with Crippen LogP contribution in [0.4, 0.5) is 5.69 Å². The van der Waals surface area contributed by atoms with Crippen LogP contribution in [0.25, 0.3) is 16.7 Å². The molecule has 0 aliphatic rings. The summed E-state index contributed by atoms with van der Waals surface area (Å²) in [4.78, 5) is 14.4. The second kappa shape index (κ2) is 9.18. The van der Waals surface area contributed by atoms with Crippen LogP contribution in [-0.4, -0.2) is 27.5 Å². The average Bonchev–Trinajstić information content (AvgIpc) is 3.17. The van der Waals surface area contributed by atoms with E-state index in [4.69, 9.17) is 16.3 Å². The van der Waals surface area contributed by atoms with Gasteiger partial charge in [-0.05, 0) is 73.5 Å². The molecule has 0 saturated carbocycles. The first kappa shape index (κ1) is 20.9. The Morgan fingerprint density at radius 1 is 1.06 bits per heavy atom. The molecule has 0 saturated heterocycles. The molecule has 0 aliphatic carbocycles. The van der Waals surface area contributed by atoms with Gasteiger partial charge in [0.05, 0.1) is 12.3 Å². The van der Waals surface area contributed by atoms with Crippen LogP contribution >= 0.6 is 11.6 Å². The number of amides is 1. The lowest BCUT2D eigenvalue weighted by atomic mass is 10.1. The zero-order valence-corrected chi connectivity index (χ0v) is 18.2. The van der Waals surface area contributed by atoms with Crippen molar-refractivity contribution in [1.29, 1.82) is 0 Å². The maximum Gasteiger partial charge on any atom is 0.255 e. The van der Waals surface area contributed by atoms with Gasteiger partial charge in [-0.15, -0.1) is 10.2 Å². The largest absolute Gasteiger partial charge is 0.494 e. The molecule has 6 nitrogen and oxygen atoms in total. The third kappa shape index (κ3) is 4.86. The average molecular weight is 435 g/mol. The van der Waals surface area contributed by atoms with E-state index >= 15 is 0 Å². The van der Waals surface area contributed by atoms with E-state index in [1.54, 1.807) is 29.1 Å². The Labute approximate surface area is 185 Å². The van der Waals surface area contributed by atoms with E-state index in [1.807, 2.05) is 43.3 Å². The van der Waals surface area contributed by atoms with Crippen LogP contribution in [0.3, 0.4) is 0 Å². The molecule has 0 atom stereocenters. The maximum absolute atomic E-state index is 12.8. The van der Waals surface area contributed by atoms with Crippen LogP contribution in [0.15, 0.2) is 60.7 Å². The van der Waals surface area contributed by atoms with Crippen molar-refractivity contribution in [2.45, 2.75) is 26.7 Å². The van der Waals surface area contributed by atoms with Crippen molar-refractivity contribution in [1.82, 2.24) is 15.0 Å². The lowest BCUT2D eigenvalue weighted by molar-refractivity contribution is 0.102. The number of hydrogen-bond acceptors (Lipinski definition) is 4. The Kier molecular flexibility index (Phi) is 6.18. The number of anilines is 1. The van der Waals surface area contributed by atoms with E-state index in [9.17, 15) is 4.79 Å². The Morgan fingerprint density at radius 2 is 1.81 bits per heavy atom. The van der Waals surface area contributed by atoms with E-state index in [1.165, 1.54) is 0 Å². The van der Waals surface area contributed by atoms with Gasteiger partial charge in [0.2, 0.25) is 0 Å². The van der Waals surface area contributed by atoms with Crippen molar-refractivity contribution >= 4 is 34.2 Å². The van der Waals surface area contributed by atoms with E-state index in [-0.39, 0.29) is 5.91 Å². The molecule has 1 N–H and O–H groups in total. The Balaban J connectivity index is 1.55. The van der Waals surface area contributed by atoms with Crippen LogP contribution in [0.5, 0.6) is 5.75 Å². The number of nitrogens with zero attached hydrogens (tertiary/aromatic N) is 3. The minimum absolute atomic E-state index is 0.200. The number of nitrogens with one attached hydrogen (secondary N) is 1. The predicted molar refractivity (Wildman–Crippen MR) is 123 cm³/mol. The van der Waals surface area contributed by atoms with Crippen molar-refractivity contribution in [3.05, 3.63) is 76.8 Å². The molecule has 1 heterocycles. The van der Waals surface area contributed by atoms with Crippen molar-refractivity contribution in [3.63, 3.8) is 0 Å². The molecule has 0 bridgehead atoms. The molecule has 0 fully saturated rings. The summed E-state index contributed by atoms with van der Waals surface area (Å²) in [5.41, 5.74) is 4.38. The summed E-state index contributed by atoms with van der Waals surface area (Å²) in [6.45, 7) is 4.68. The van der Waals surface area contributed by atoms with Crippen LogP contribution in [-0.2, 0) is 0 Å². The topological polar surface area (TPSA) is 69.0 Å². The number of rotatable bonds is 7. The van der Waals surface area contributed by atoms with Crippen molar-refractivity contribution in [2.75, 3.05) is 11.9 Å². The molecule has 7 heteroatoms. The van der Waals surface area contributed by atoms with Crippen LogP contribution in [0, 0.1) is 6.92 Å². The highest BCUT2D eigenvalue weighted by atomic mass is 35.5. The summed E-state index contributed by atoms with van der Waals surface area (Å²) in [6, 6.07) is 18.3. The zero-order chi connectivity index (χ0) is 21.8. The molecule has 158 valence electrons. The molecule has 4 rings (SSSR count). The van der Waals surface area contributed by atoms with E-state index < -0.39 is 0 Å². The third-order valence-electron chi connectivity index (χ3n) is 4.90. The number of carbonyl (C=O) groups excluding carboxylic acids is 1. The minimum Gasteiger partial charge on any atom is -0.494 e. The van der Waals surface area contributed by atoms with Gasteiger partial charge in [0, 0.05) is 16.3 Å². The molecule has 4 aromatic rings. The molecular formula is C24H23ClN4O2. The van der Waals surface area contributed by atoms with Gasteiger partial charge in [0.15, 0.2) is 0 Å². The summed E-state index contributed by atoms with van der Waals surface area (Å²) >= 11 is 5.96. The van der Waals surface area contributed by atoms with Gasteiger partial charge in [-0.25, -0.2) is 0 Å². The van der Waals surface area contributed by atoms with Gasteiger partial charge in [-0.2, -0.15) is 4.80 Å². The quantitative estimate of drug-likeness (QED) is 0.372. The standard InChI is InChI=1S/C24H23ClN4O2/c1-3-4-12-31-20-7-5-6-17(14-20)24(30)26-21-15-23-22(13-16(21)2)27-29(28-23)19-10-8-18(25)9-11-19/h5-11,13-15H,3-4,12H2,1-2H3,(H,26,30). The highest BCUT2D eigenvalue weighted by Gasteiger charge is 2.12. The van der Waals surface area contributed by atoms with E-state index in [2.05, 4.69) is 22.4 Å². The Hall–Kier alpha value is -3.38. The first-order valence-electron chi connectivity index (χ1n) is 10.2. The number of aryl methyl sites for hydroxylation is 1. The number of benzene rings is 3. The fourth-order valence-electron chi connectivity index (χ4n) is 3.15. The fraction of sp³-hybridized carbons (Fsp3) is 0.208. The molecule has 31 heavy (non-hydrogen) atoms. The van der Waals surface area contributed by atoms with E-state index in [0.29, 0.717) is 34.1 Å². The zero-order valence-electron chi connectivity index (χ0n) is 17.4. The molecule has 1 aromatic heterocycles. The van der Waals surface area contributed by atoms with Gasteiger partial charge in [0.1, 0.15) is 16.8 Å². The molecule has 1 amide bonds. The summed E-state index contributed by atoms with van der Waals surface area (Å²) in [6.07, 6.45) is 2.04. The SMILES string of the molecule is CCCCOc1cccc(C(=O)Nc2cc3nn(-c4ccc(Cl)cc4)nc3cc2C)c1. The van der Waals surface area contributed by atoms with Crippen LogP contribution in [0.1, 0.15) is 35.7 Å². The second-order valence-electron chi connectivity index (χ2n) is 7.31. The van der Waals surface area contributed by atoms with Gasteiger partial charge in [-0.3, -0.25) is 4.79 Å². The molecular weight excluding hydrogens is 412 g/mol. The number of carbonyl (C=O) groups is 1. The smallest absolute Gasteiger partial charge is 0.255 e. The van der Waals surface area contributed by atoms with Crippen LogP contribution < -0.4 is 10.1 Å². The molecule has 0 unspecified atom stereocenters. The van der Waals surface area contributed by atoms with Gasteiger partial charge in [-0.1, -0.05) is 31.0 Å². The minimum atomic E-state index is -0.200. The summed E-state index contributed by atoms with van der Waals surface area (Å²) in [5.74, 6) is 0.493. The number of aromatic nitrogens is 3. The lowest BCUT2D eigenvalue weighted by Gasteiger charge is -2.10. The van der Waals surface area contributed by atoms with Crippen molar-refractivity contribution in [2.24, 2.45) is 0 Å². The maximum atomic E-state index is 12.8. The number of ether oxygens (including phenoxy) is 1. The third-order valence-corrected chi connectivity index (χ3v) is 5.15. The number of halogens is 1. The lowest BCUT2D eigenvalue weighted by Crippen LogP contribution is -2.13. The Bertz CT molecular complexity index is 1220. The highest BCUT2D eigenvalue weighted by Crippen LogP contribution is 2.24. The molecule has 0 spiro atoms. The summed E-state index contributed by atoms with van der Waals surface area (Å²) in [5, 5.41) is 12.7. The monoisotopic (exact) mass is 434 g/mol. The summed E-state index contributed by atoms with van der Waals surface area (Å²) < 4.78 is 5.71. The van der Waals surface area contributed by atoms with Gasteiger partial charge in [0.25, 0.3) is 5.91 Å². The first-order valence-corrected chi connectivity index (χ1v) is 10.6. The molecule has 0 aliphatic heterocycles. The number of unbranched alkanes of at least 4 members (excludes halogenated alkanes) is 1. The molecule has 3 aromatic carbocycles. The summed E-state index contributed by atoms with van der Waals surface area (Å²) in [7, 11) is 0. The fourth-order valence-corrected chi connectivity index (χ4v) is 3.27. The second-order valence-corrected chi connectivity index (χ2v) is 7.74. The van der Waals surface area contributed by atoms with Gasteiger partial charge >= 0.3 is 0 Å². The van der Waals surface area contributed by atoms with Crippen molar-refractivity contribution in [3.8, 4) is 11.4 Å². The predicted octanol–water partition coefficient (Wildman–Crippen LogP) is 5.81. The normalized spacial score (nSPS) is 10.9. The number of fused-ring (bicyclic) bond motifs is 1. The van der Waals surface area contributed by atoms with Crippen molar-refractivity contribution < 1.29 is 9.53 Å².